The largest absolute Gasteiger partial charge is 0.497 e. The number of amides is 1. The molecule has 3 aromatic rings. The Labute approximate surface area is 215 Å². The van der Waals surface area contributed by atoms with Crippen LogP contribution in [0.2, 0.25) is 0 Å². The van der Waals surface area contributed by atoms with Crippen LogP contribution in [0.5, 0.6) is 5.75 Å². The molecule has 1 aliphatic carbocycles. The number of aryl methyl sites for hydroxylation is 2. The monoisotopic (exact) mass is 509 g/mol. The second-order valence-corrected chi connectivity index (χ2v) is 10.8. The number of esters is 1. The van der Waals surface area contributed by atoms with Crippen LogP contribution in [0.3, 0.4) is 0 Å². The Morgan fingerprint density at radius 3 is 2.31 bits per heavy atom. The van der Waals surface area contributed by atoms with Crippen molar-refractivity contribution in [3.8, 4) is 16.9 Å². The third kappa shape index (κ3) is 5.78. The summed E-state index contributed by atoms with van der Waals surface area (Å²) in [6.07, 6.45) is 3.65. The summed E-state index contributed by atoms with van der Waals surface area (Å²) in [6.45, 7) is 4.05. The lowest BCUT2D eigenvalue weighted by molar-refractivity contribution is -0.146. The number of methoxy groups -OCH3 is 2. The van der Waals surface area contributed by atoms with Gasteiger partial charge in [-0.3, -0.25) is 9.59 Å². The first kappa shape index (κ1) is 25.9. The van der Waals surface area contributed by atoms with Gasteiger partial charge in [0, 0.05) is 21.9 Å². The van der Waals surface area contributed by atoms with Crippen molar-refractivity contribution < 1.29 is 23.5 Å². The minimum Gasteiger partial charge on any atom is -0.497 e. The van der Waals surface area contributed by atoms with Gasteiger partial charge in [-0.1, -0.05) is 24.3 Å². The highest BCUT2D eigenvalue weighted by Gasteiger charge is 2.29. The summed E-state index contributed by atoms with van der Waals surface area (Å²) in [7, 11) is 2.94. The van der Waals surface area contributed by atoms with Gasteiger partial charge in [0.05, 0.1) is 25.7 Å². The number of rotatable bonds is 7. The van der Waals surface area contributed by atoms with Gasteiger partial charge < -0.3 is 14.8 Å². The number of nitrogens with one attached hydrogen (secondary N) is 1. The van der Waals surface area contributed by atoms with Crippen LogP contribution in [-0.2, 0) is 16.0 Å². The minimum absolute atomic E-state index is 0.0446. The molecule has 0 saturated heterocycles. The van der Waals surface area contributed by atoms with Gasteiger partial charge in [0.2, 0.25) is 0 Å². The molecule has 1 saturated carbocycles. The van der Waals surface area contributed by atoms with Crippen LogP contribution in [-0.4, -0.2) is 32.1 Å². The average Bonchev–Trinajstić information content (AvgIpc) is 3.16. The molecule has 0 unspecified atom stereocenters. The lowest BCUT2D eigenvalue weighted by Gasteiger charge is -2.27. The molecule has 0 spiro atoms. The highest BCUT2D eigenvalue weighted by molar-refractivity contribution is 7.12. The molecule has 0 radical (unpaired) electrons. The maximum Gasteiger partial charge on any atom is 0.308 e. The zero-order valence-electron chi connectivity index (χ0n) is 21.2. The Morgan fingerprint density at radius 1 is 0.972 bits per heavy atom. The Kier molecular flexibility index (Phi) is 8.09. The van der Waals surface area contributed by atoms with Crippen LogP contribution in [0.15, 0.2) is 42.5 Å². The third-order valence-electron chi connectivity index (χ3n) is 6.98. The number of ether oxygens (including phenoxy) is 2. The summed E-state index contributed by atoms with van der Waals surface area (Å²) < 4.78 is 24.0. The Morgan fingerprint density at radius 2 is 1.67 bits per heavy atom. The van der Waals surface area contributed by atoms with E-state index in [-0.39, 0.29) is 29.7 Å². The van der Waals surface area contributed by atoms with Gasteiger partial charge in [-0.05, 0) is 80.3 Å². The molecule has 0 aliphatic heterocycles. The molecule has 1 aromatic heterocycles. The van der Waals surface area contributed by atoms with Crippen molar-refractivity contribution >= 4 is 23.2 Å². The van der Waals surface area contributed by atoms with Gasteiger partial charge in [-0.15, -0.1) is 11.3 Å². The first-order valence-electron chi connectivity index (χ1n) is 12.2. The predicted octanol–water partition coefficient (Wildman–Crippen LogP) is 6.23. The average molecular weight is 510 g/mol. The quantitative estimate of drug-likeness (QED) is 0.384. The van der Waals surface area contributed by atoms with Gasteiger partial charge in [0.15, 0.2) is 0 Å². The van der Waals surface area contributed by atoms with Crippen molar-refractivity contribution in [1.29, 1.82) is 0 Å². The van der Waals surface area contributed by atoms with Crippen molar-refractivity contribution in [2.24, 2.45) is 5.92 Å². The minimum atomic E-state index is -0.341. The second kappa shape index (κ2) is 11.2. The molecule has 2 aromatic carbocycles. The highest BCUT2D eigenvalue weighted by atomic mass is 32.1. The SMILES string of the molecule is COc1cc(F)cc(-c2ccc(Cc3c(C)sc(C)c3C(=O)N[C@H]3CC[C@H](C(=O)OC)CC3)cc2)c1. The molecule has 7 heteroatoms. The van der Waals surface area contributed by atoms with E-state index in [0.29, 0.717) is 12.2 Å². The van der Waals surface area contributed by atoms with Crippen molar-refractivity contribution in [2.75, 3.05) is 14.2 Å². The van der Waals surface area contributed by atoms with E-state index in [1.54, 1.807) is 11.3 Å². The summed E-state index contributed by atoms with van der Waals surface area (Å²) >= 11 is 1.64. The van der Waals surface area contributed by atoms with Crippen LogP contribution in [0.4, 0.5) is 4.39 Å². The Balaban J connectivity index is 1.47. The number of carbonyl (C=O) groups excluding carboxylic acids is 2. The van der Waals surface area contributed by atoms with Gasteiger partial charge in [0.25, 0.3) is 5.91 Å². The normalized spacial score (nSPS) is 17.5. The lowest BCUT2D eigenvalue weighted by Crippen LogP contribution is -2.39. The number of halogens is 1. The number of thiophene rings is 1. The fourth-order valence-corrected chi connectivity index (χ4v) is 6.08. The summed E-state index contributed by atoms with van der Waals surface area (Å²) in [6, 6.07) is 12.7. The van der Waals surface area contributed by atoms with E-state index in [1.807, 2.05) is 37.3 Å². The summed E-state index contributed by atoms with van der Waals surface area (Å²) in [4.78, 5) is 27.3. The van der Waals surface area contributed by atoms with Crippen LogP contribution < -0.4 is 10.1 Å². The molecule has 1 fully saturated rings. The van der Waals surface area contributed by atoms with E-state index >= 15 is 0 Å². The van der Waals surface area contributed by atoms with Gasteiger partial charge in [-0.2, -0.15) is 0 Å². The summed E-state index contributed by atoms with van der Waals surface area (Å²) in [5.41, 5.74) is 4.53. The van der Waals surface area contributed by atoms with E-state index in [1.165, 1.54) is 26.4 Å². The zero-order chi connectivity index (χ0) is 25.8. The Bertz CT molecular complexity index is 1240. The molecule has 1 N–H and O–H groups in total. The van der Waals surface area contributed by atoms with Crippen molar-refractivity contribution in [3.05, 3.63) is 74.7 Å². The smallest absolute Gasteiger partial charge is 0.308 e. The van der Waals surface area contributed by atoms with Crippen LogP contribution in [0.25, 0.3) is 11.1 Å². The van der Waals surface area contributed by atoms with Crippen molar-refractivity contribution in [3.63, 3.8) is 0 Å². The molecule has 0 bridgehead atoms. The topological polar surface area (TPSA) is 64.6 Å². The first-order valence-corrected chi connectivity index (χ1v) is 13.0. The maximum absolute atomic E-state index is 13.9. The summed E-state index contributed by atoms with van der Waals surface area (Å²) in [5, 5.41) is 3.21. The lowest BCUT2D eigenvalue weighted by atomic mass is 9.86. The summed E-state index contributed by atoms with van der Waals surface area (Å²) in [5.74, 6) is -0.133. The predicted molar refractivity (Wildman–Crippen MR) is 140 cm³/mol. The van der Waals surface area contributed by atoms with E-state index in [4.69, 9.17) is 9.47 Å². The molecule has 5 nitrogen and oxygen atoms in total. The van der Waals surface area contributed by atoms with Crippen molar-refractivity contribution in [1.82, 2.24) is 5.32 Å². The standard InChI is InChI=1S/C29H32FNO4S/c1-17-26(13-19-5-7-20(8-6-19)22-14-23(30)16-25(15-22)34-3)27(18(2)36-17)28(32)31-24-11-9-21(10-12-24)29(33)35-4/h5-8,14-16,21,24H,9-13H2,1-4H3,(H,31,32)/t21-,24-. The van der Waals surface area contributed by atoms with Crippen LogP contribution in [0.1, 0.15) is 56.9 Å². The molecule has 190 valence electrons. The Hall–Kier alpha value is -3.19. The van der Waals surface area contributed by atoms with Crippen molar-refractivity contribution in [2.45, 2.75) is 52.0 Å². The number of hydrogen-bond acceptors (Lipinski definition) is 5. The first-order chi connectivity index (χ1) is 17.3. The number of hydrogen-bond donors (Lipinski definition) is 1. The fourth-order valence-electron chi connectivity index (χ4n) is 5.00. The maximum atomic E-state index is 13.9. The molecular formula is C29H32FNO4S. The molecule has 0 atom stereocenters. The molecule has 1 heterocycles. The van der Waals surface area contributed by atoms with Gasteiger partial charge >= 0.3 is 5.97 Å². The molecule has 1 amide bonds. The number of benzene rings is 2. The fraction of sp³-hybridized carbons (Fsp3) is 0.379. The third-order valence-corrected chi connectivity index (χ3v) is 8.05. The second-order valence-electron chi connectivity index (χ2n) is 9.37. The molecule has 4 rings (SSSR count). The van der Waals surface area contributed by atoms with Crippen LogP contribution in [0, 0.1) is 25.6 Å². The van der Waals surface area contributed by atoms with Gasteiger partial charge in [0.1, 0.15) is 11.6 Å². The van der Waals surface area contributed by atoms with E-state index in [9.17, 15) is 14.0 Å². The van der Waals surface area contributed by atoms with E-state index in [2.05, 4.69) is 12.2 Å². The van der Waals surface area contributed by atoms with Crippen LogP contribution >= 0.6 is 11.3 Å². The highest BCUT2D eigenvalue weighted by Crippen LogP contribution is 2.32. The molecule has 1 aliphatic rings. The van der Waals surface area contributed by atoms with E-state index < -0.39 is 0 Å². The molecule has 36 heavy (non-hydrogen) atoms. The zero-order valence-corrected chi connectivity index (χ0v) is 22.0. The number of carbonyl (C=O) groups is 2. The molecular weight excluding hydrogens is 477 g/mol. The van der Waals surface area contributed by atoms with Gasteiger partial charge in [-0.25, -0.2) is 4.39 Å². The van der Waals surface area contributed by atoms with E-state index in [0.717, 1.165) is 63.3 Å².